The first-order chi connectivity index (χ1) is 14.2. The molecule has 4 rings (SSSR count). The third-order valence-corrected chi connectivity index (χ3v) is 5.70. The molecule has 2 N–H and O–H groups in total. The smallest absolute Gasteiger partial charge is 0.330 e. The van der Waals surface area contributed by atoms with E-state index in [1.807, 2.05) is 54.8 Å². The molecular weight excluding hydrogens is 380 g/mol. The van der Waals surface area contributed by atoms with Gasteiger partial charge in [0.1, 0.15) is 5.75 Å². The maximum absolute atomic E-state index is 13.1. The zero-order chi connectivity index (χ0) is 21.7. The van der Waals surface area contributed by atoms with Crippen molar-refractivity contribution in [1.82, 2.24) is 13.7 Å². The second kappa shape index (κ2) is 6.95. The van der Waals surface area contributed by atoms with Crippen LogP contribution in [-0.4, -0.2) is 20.8 Å². The zero-order valence-corrected chi connectivity index (χ0v) is 17.7. The Bertz CT molecular complexity index is 1410. The predicted octanol–water partition coefficient (Wildman–Crippen LogP) is 2.90. The van der Waals surface area contributed by atoms with Gasteiger partial charge in [-0.2, -0.15) is 0 Å². The summed E-state index contributed by atoms with van der Waals surface area (Å²) < 4.78 is 9.79. The summed E-state index contributed by atoms with van der Waals surface area (Å²) >= 11 is 0. The fourth-order valence-electron chi connectivity index (χ4n) is 3.80. The van der Waals surface area contributed by atoms with Crippen LogP contribution < -0.4 is 21.7 Å². The fraction of sp³-hybridized carbons (Fsp3) is 0.217. The third-order valence-electron chi connectivity index (χ3n) is 5.70. The number of nitrogens with zero attached hydrogens (tertiary/aromatic N) is 3. The van der Waals surface area contributed by atoms with Crippen LogP contribution in [0.25, 0.3) is 27.8 Å². The normalized spacial score (nSPS) is 11.2. The number of hydrogen-bond donors (Lipinski definition) is 1. The van der Waals surface area contributed by atoms with Crippen molar-refractivity contribution in [3.8, 4) is 22.7 Å². The molecule has 154 valence electrons. The van der Waals surface area contributed by atoms with Gasteiger partial charge in [0.25, 0.3) is 5.56 Å². The number of nitrogens with two attached hydrogens (primary N) is 1. The van der Waals surface area contributed by atoms with E-state index in [2.05, 4.69) is 0 Å². The van der Waals surface area contributed by atoms with Crippen LogP contribution in [-0.2, 0) is 14.1 Å². The van der Waals surface area contributed by atoms with Crippen LogP contribution in [0.4, 0.5) is 5.69 Å². The van der Waals surface area contributed by atoms with E-state index in [-0.39, 0.29) is 11.2 Å². The van der Waals surface area contributed by atoms with Crippen molar-refractivity contribution in [3.63, 3.8) is 0 Å². The number of methoxy groups -OCH3 is 1. The summed E-state index contributed by atoms with van der Waals surface area (Å²) in [7, 11) is 4.76. The molecule has 0 unspecified atom stereocenters. The predicted molar refractivity (Wildman–Crippen MR) is 120 cm³/mol. The maximum atomic E-state index is 13.1. The highest BCUT2D eigenvalue weighted by molar-refractivity contribution is 5.95. The van der Waals surface area contributed by atoms with Gasteiger partial charge in [0, 0.05) is 20.3 Å². The Labute approximate surface area is 173 Å². The molecule has 0 bridgehead atoms. The highest BCUT2D eigenvalue weighted by Crippen LogP contribution is 2.34. The van der Waals surface area contributed by atoms with E-state index in [4.69, 9.17) is 10.5 Å². The molecule has 2 aromatic heterocycles. The molecule has 0 atom stereocenters. The fourth-order valence-corrected chi connectivity index (χ4v) is 3.80. The van der Waals surface area contributed by atoms with Crippen LogP contribution in [0.15, 0.2) is 52.2 Å². The van der Waals surface area contributed by atoms with Gasteiger partial charge >= 0.3 is 5.69 Å². The van der Waals surface area contributed by atoms with Crippen molar-refractivity contribution >= 4 is 16.6 Å². The van der Waals surface area contributed by atoms with Crippen molar-refractivity contribution in [1.29, 1.82) is 0 Å². The Kier molecular flexibility index (Phi) is 4.53. The van der Waals surface area contributed by atoms with Gasteiger partial charge in [-0.15, -0.1) is 0 Å². The largest absolute Gasteiger partial charge is 0.497 e. The molecule has 0 radical (unpaired) electrons. The second-order valence-corrected chi connectivity index (χ2v) is 7.54. The number of fused-ring (bicyclic) bond motifs is 1. The Balaban J connectivity index is 2.19. The molecule has 0 saturated heterocycles. The standard InChI is InChI=1S/C23H24N4O3/c1-13-10-17(24)18(11-14(13)2)27-12-19-20(22(28)26(4)23(29)25(19)3)21(27)15-6-8-16(30-5)9-7-15/h6-12H,24H2,1-5H3. The summed E-state index contributed by atoms with van der Waals surface area (Å²) in [6.07, 6.45) is 1.80. The van der Waals surface area contributed by atoms with Crippen molar-refractivity contribution in [2.75, 3.05) is 12.8 Å². The van der Waals surface area contributed by atoms with Crippen LogP contribution in [0.3, 0.4) is 0 Å². The minimum Gasteiger partial charge on any atom is -0.497 e. The lowest BCUT2D eigenvalue weighted by Crippen LogP contribution is -2.36. The molecule has 4 aromatic rings. The number of anilines is 1. The van der Waals surface area contributed by atoms with E-state index in [0.717, 1.165) is 26.9 Å². The number of rotatable bonds is 3. The van der Waals surface area contributed by atoms with Crippen molar-refractivity contribution in [2.24, 2.45) is 14.1 Å². The van der Waals surface area contributed by atoms with Crippen molar-refractivity contribution in [3.05, 3.63) is 74.6 Å². The van der Waals surface area contributed by atoms with Crippen molar-refractivity contribution in [2.45, 2.75) is 13.8 Å². The van der Waals surface area contributed by atoms with Gasteiger partial charge in [0.2, 0.25) is 0 Å². The van der Waals surface area contributed by atoms with E-state index >= 15 is 0 Å². The summed E-state index contributed by atoms with van der Waals surface area (Å²) in [6, 6.07) is 11.4. The number of nitrogen functional groups attached to an aromatic ring is 1. The first kappa shape index (κ1) is 19.6. The molecule has 0 spiro atoms. The van der Waals surface area contributed by atoms with Crippen LogP contribution in [0, 0.1) is 13.8 Å². The first-order valence-corrected chi connectivity index (χ1v) is 9.57. The molecule has 2 heterocycles. The van der Waals surface area contributed by atoms with Gasteiger partial charge in [0.15, 0.2) is 0 Å². The third kappa shape index (κ3) is 2.82. The summed E-state index contributed by atoms with van der Waals surface area (Å²) in [5.74, 6) is 0.715. The molecule has 2 aromatic carbocycles. The highest BCUT2D eigenvalue weighted by Gasteiger charge is 2.21. The average molecular weight is 404 g/mol. The number of benzene rings is 2. The maximum Gasteiger partial charge on any atom is 0.330 e. The average Bonchev–Trinajstić information content (AvgIpc) is 3.13. The molecule has 0 aliphatic carbocycles. The van der Waals surface area contributed by atoms with E-state index in [0.29, 0.717) is 28.0 Å². The number of aryl methyl sites for hydroxylation is 3. The quantitative estimate of drug-likeness (QED) is 0.532. The van der Waals surface area contributed by atoms with E-state index in [1.54, 1.807) is 20.4 Å². The molecule has 0 saturated carbocycles. The Hall–Kier alpha value is -3.74. The van der Waals surface area contributed by atoms with Gasteiger partial charge in [-0.25, -0.2) is 4.79 Å². The van der Waals surface area contributed by atoms with Gasteiger partial charge < -0.3 is 15.0 Å². The molecule has 30 heavy (non-hydrogen) atoms. The molecular formula is C23H24N4O3. The summed E-state index contributed by atoms with van der Waals surface area (Å²) in [6.45, 7) is 4.02. The minimum atomic E-state index is -0.376. The lowest BCUT2D eigenvalue weighted by molar-refractivity contribution is 0.415. The molecule has 7 nitrogen and oxygen atoms in total. The first-order valence-electron chi connectivity index (χ1n) is 9.57. The molecule has 7 heteroatoms. The van der Waals surface area contributed by atoms with E-state index in [9.17, 15) is 9.59 Å². The van der Waals surface area contributed by atoms with Crippen LogP contribution in [0.5, 0.6) is 5.75 Å². The van der Waals surface area contributed by atoms with Gasteiger partial charge in [-0.1, -0.05) is 0 Å². The molecule has 0 aliphatic heterocycles. The topological polar surface area (TPSA) is 84.2 Å². The lowest BCUT2D eigenvalue weighted by Gasteiger charge is -2.15. The molecule has 0 amide bonds. The monoisotopic (exact) mass is 404 g/mol. The highest BCUT2D eigenvalue weighted by atomic mass is 16.5. The molecule has 0 fully saturated rings. The Morgan fingerprint density at radius 3 is 2.20 bits per heavy atom. The Morgan fingerprint density at radius 2 is 1.57 bits per heavy atom. The molecule has 0 aliphatic rings. The van der Waals surface area contributed by atoms with Crippen LogP contribution >= 0.6 is 0 Å². The summed E-state index contributed by atoms with van der Waals surface area (Å²) in [5, 5.41) is 0.461. The van der Waals surface area contributed by atoms with E-state index in [1.165, 1.54) is 11.6 Å². The lowest BCUT2D eigenvalue weighted by atomic mass is 10.1. The summed E-state index contributed by atoms with van der Waals surface area (Å²) in [4.78, 5) is 25.7. The van der Waals surface area contributed by atoms with E-state index < -0.39 is 0 Å². The minimum absolute atomic E-state index is 0.347. The van der Waals surface area contributed by atoms with Gasteiger partial charge in [-0.05, 0) is 66.9 Å². The van der Waals surface area contributed by atoms with Crippen LogP contribution in [0.2, 0.25) is 0 Å². The zero-order valence-electron chi connectivity index (χ0n) is 17.7. The number of aromatic nitrogens is 3. The van der Waals surface area contributed by atoms with Gasteiger partial charge in [0.05, 0.1) is 35.1 Å². The second-order valence-electron chi connectivity index (χ2n) is 7.54. The Morgan fingerprint density at radius 1 is 0.933 bits per heavy atom. The SMILES string of the molecule is COc1ccc(-c2c3c(=O)n(C)c(=O)n(C)c3cn2-c2cc(C)c(C)cc2N)cc1. The van der Waals surface area contributed by atoms with Gasteiger partial charge in [-0.3, -0.25) is 13.9 Å². The number of ether oxygens (including phenoxy) is 1. The summed E-state index contributed by atoms with van der Waals surface area (Å²) in [5.41, 5.74) is 11.2. The number of hydrogen-bond acceptors (Lipinski definition) is 4. The van der Waals surface area contributed by atoms with Crippen LogP contribution in [0.1, 0.15) is 11.1 Å². The van der Waals surface area contributed by atoms with Crippen molar-refractivity contribution < 1.29 is 4.74 Å².